The van der Waals surface area contributed by atoms with Crippen molar-refractivity contribution in [3.63, 3.8) is 0 Å². The lowest BCUT2D eigenvalue weighted by Gasteiger charge is -2.31. The summed E-state index contributed by atoms with van der Waals surface area (Å²) in [6.07, 6.45) is 1.03. The molecule has 0 saturated carbocycles. The molecule has 3 aliphatic heterocycles. The highest BCUT2D eigenvalue weighted by molar-refractivity contribution is 5.90. The number of hydrogen-bond donors (Lipinski definition) is 2. The summed E-state index contributed by atoms with van der Waals surface area (Å²) in [7, 11) is 0. The number of hydrogen-bond acceptors (Lipinski definition) is 6. The predicted octanol–water partition coefficient (Wildman–Crippen LogP) is 1.94. The maximum Gasteiger partial charge on any atom is 0.407 e. The third kappa shape index (κ3) is 5.52. The van der Waals surface area contributed by atoms with E-state index < -0.39 is 36.2 Å². The summed E-state index contributed by atoms with van der Waals surface area (Å²) in [6, 6.07) is 3.76. The predicted molar refractivity (Wildman–Crippen MR) is 125 cm³/mol. The van der Waals surface area contributed by atoms with Gasteiger partial charge in [-0.2, -0.15) is 0 Å². The van der Waals surface area contributed by atoms with Gasteiger partial charge < -0.3 is 29.7 Å². The van der Waals surface area contributed by atoms with Crippen LogP contribution in [-0.4, -0.2) is 76.7 Å². The summed E-state index contributed by atoms with van der Waals surface area (Å²) >= 11 is 0. The number of carbonyl (C=O) groups is 4. The molecular formula is C25H33N3O7. The highest BCUT2D eigenvalue weighted by Crippen LogP contribution is 2.32. The summed E-state index contributed by atoms with van der Waals surface area (Å²) in [5.74, 6) is -1.21. The minimum Gasteiger partial charge on any atom is -0.488 e. The number of amides is 3. The Balaban J connectivity index is 1.64. The standard InChI is InChI=1S/C25H33N3O7/c1-15(2)22-23(30)28-13-17(12-19(28)24(31)32)35-20-7-5-6-16-9-10-27(14-18(16)20)21(29)8-3-4-11-34-25(33)26-22/h5-7,15,17,19,22H,3-4,8-14H2,1-2H3,(H,26,33)(H,31,32)/t17-,19?,22+/m1/s1. The first kappa shape index (κ1) is 24.8. The lowest BCUT2D eigenvalue weighted by atomic mass is 9.98. The third-order valence-corrected chi connectivity index (χ3v) is 6.93. The fourth-order valence-electron chi connectivity index (χ4n) is 4.98. The van der Waals surface area contributed by atoms with Gasteiger partial charge in [0.2, 0.25) is 11.8 Å². The first-order chi connectivity index (χ1) is 16.7. The number of cyclic esters (lactones) is 1. The second-order valence-corrected chi connectivity index (χ2v) is 9.74. The Morgan fingerprint density at radius 2 is 1.97 bits per heavy atom. The SMILES string of the molecule is CC(C)[C@@H]1NC(=O)OCCCCC(=O)N2CCc3cccc(c3C2)O[C@@H]2CC(C(=O)O)N(C2)C1=O. The van der Waals surface area contributed by atoms with E-state index in [9.17, 15) is 24.3 Å². The van der Waals surface area contributed by atoms with Gasteiger partial charge in [-0.05, 0) is 36.8 Å². The van der Waals surface area contributed by atoms with Gasteiger partial charge in [-0.3, -0.25) is 9.59 Å². The molecule has 190 valence electrons. The third-order valence-electron chi connectivity index (χ3n) is 6.93. The normalized spacial score (nSPS) is 25.9. The van der Waals surface area contributed by atoms with E-state index in [2.05, 4.69) is 5.32 Å². The van der Waals surface area contributed by atoms with Gasteiger partial charge in [0.1, 0.15) is 23.9 Å². The Hall–Kier alpha value is -3.30. The molecule has 3 amide bonds. The van der Waals surface area contributed by atoms with Crippen LogP contribution in [0.15, 0.2) is 18.2 Å². The van der Waals surface area contributed by atoms with E-state index in [1.54, 1.807) is 13.8 Å². The van der Waals surface area contributed by atoms with E-state index in [0.29, 0.717) is 44.5 Å². The van der Waals surface area contributed by atoms with Gasteiger partial charge in [-0.25, -0.2) is 9.59 Å². The van der Waals surface area contributed by atoms with Crippen LogP contribution in [0.4, 0.5) is 4.79 Å². The van der Waals surface area contributed by atoms with Crippen LogP contribution >= 0.6 is 0 Å². The van der Waals surface area contributed by atoms with Gasteiger partial charge in [-0.15, -0.1) is 0 Å². The van der Waals surface area contributed by atoms with Crippen molar-refractivity contribution in [2.45, 2.75) is 70.7 Å². The molecule has 4 rings (SSSR count). The first-order valence-corrected chi connectivity index (χ1v) is 12.3. The number of carboxylic acid groups (broad SMARTS) is 1. The van der Waals surface area contributed by atoms with E-state index in [1.807, 2.05) is 23.1 Å². The van der Waals surface area contributed by atoms with Crippen molar-refractivity contribution >= 4 is 23.9 Å². The zero-order valence-electron chi connectivity index (χ0n) is 20.2. The van der Waals surface area contributed by atoms with Crippen LogP contribution in [0.3, 0.4) is 0 Å². The average molecular weight is 488 g/mol. The quantitative estimate of drug-likeness (QED) is 0.653. The fraction of sp³-hybridized carbons (Fsp3) is 0.600. The molecule has 1 aromatic carbocycles. The first-order valence-electron chi connectivity index (χ1n) is 12.3. The number of ether oxygens (including phenoxy) is 2. The summed E-state index contributed by atoms with van der Waals surface area (Å²) in [5.41, 5.74) is 2.04. The van der Waals surface area contributed by atoms with E-state index in [-0.39, 0.29) is 31.4 Å². The molecule has 2 N–H and O–H groups in total. The topological polar surface area (TPSA) is 125 Å². The largest absolute Gasteiger partial charge is 0.488 e. The molecule has 3 aliphatic rings. The monoisotopic (exact) mass is 487 g/mol. The average Bonchev–Trinajstić information content (AvgIpc) is 3.25. The Kier molecular flexibility index (Phi) is 7.47. The van der Waals surface area contributed by atoms with E-state index in [4.69, 9.17) is 9.47 Å². The van der Waals surface area contributed by atoms with Gasteiger partial charge in [0.25, 0.3) is 0 Å². The van der Waals surface area contributed by atoms with Crippen molar-refractivity contribution in [3.8, 4) is 5.75 Å². The van der Waals surface area contributed by atoms with E-state index >= 15 is 0 Å². The molecule has 4 bridgehead atoms. The number of rotatable bonds is 2. The van der Waals surface area contributed by atoms with Crippen molar-refractivity contribution in [3.05, 3.63) is 29.3 Å². The molecule has 10 heteroatoms. The molecule has 0 radical (unpaired) electrons. The summed E-state index contributed by atoms with van der Waals surface area (Å²) < 4.78 is 11.5. The molecular weight excluding hydrogens is 454 g/mol. The van der Waals surface area contributed by atoms with E-state index in [1.165, 1.54) is 4.90 Å². The zero-order chi connectivity index (χ0) is 25.1. The van der Waals surface area contributed by atoms with Gasteiger partial charge in [0.05, 0.1) is 13.2 Å². The second kappa shape index (κ2) is 10.5. The maximum absolute atomic E-state index is 13.4. The van der Waals surface area contributed by atoms with Crippen LogP contribution in [0, 0.1) is 5.92 Å². The van der Waals surface area contributed by atoms with Crippen molar-refractivity contribution in [1.82, 2.24) is 15.1 Å². The molecule has 3 heterocycles. The fourth-order valence-corrected chi connectivity index (χ4v) is 4.98. The van der Waals surface area contributed by atoms with Gasteiger partial charge >= 0.3 is 12.1 Å². The van der Waals surface area contributed by atoms with Crippen molar-refractivity contribution < 1.29 is 33.8 Å². The Morgan fingerprint density at radius 3 is 2.71 bits per heavy atom. The van der Waals surface area contributed by atoms with Crippen molar-refractivity contribution in [2.75, 3.05) is 19.7 Å². The van der Waals surface area contributed by atoms with Crippen LogP contribution < -0.4 is 10.1 Å². The highest BCUT2D eigenvalue weighted by atomic mass is 16.5. The van der Waals surface area contributed by atoms with Crippen LogP contribution in [0.2, 0.25) is 0 Å². The number of benzene rings is 1. The molecule has 1 unspecified atom stereocenters. The lowest BCUT2D eigenvalue weighted by molar-refractivity contribution is -0.149. The van der Waals surface area contributed by atoms with Gasteiger partial charge in [0, 0.05) is 31.5 Å². The molecule has 1 aromatic rings. The zero-order valence-corrected chi connectivity index (χ0v) is 20.2. The number of carboxylic acids is 1. The molecule has 10 nitrogen and oxygen atoms in total. The molecule has 0 spiro atoms. The summed E-state index contributed by atoms with van der Waals surface area (Å²) in [5, 5.41) is 12.4. The number of aliphatic carboxylic acids is 1. The van der Waals surface area contributed by atoms with Gasteiger partial charge in [-0.1, -0.05) is 26.0 Å². The highest BCUT2D eigenvalue weighted by Gasteiger charge is 2.44. The van der Waals surface area contributed by atoms with E-state index in [0.717, 1.165) is 11.1 Å². The van der Waals surface area contributed by atoms with Crippen LogP contribution in [0.5, 0.6) is 5.75 Å². The number of nitrogens with zero attached hydrogens (tertiary/aromatic N) is 2. The van der Waals surface area contributed by atoms with Gasteiger partial charge in [0.15, 0.2) is 0 Å². The lowest BCUT2D eigenvalue weighted by Crippen LogP contribution is -2.54. The number of fused-ring (bicyclic) bond motifs is 3. The molecule has 0 aliphatic carbocycles. The summed E-state index contributed by atoms with van der Waals surface area (Å²) in [4.78, 5) is 53.6. The number of nitrogens with one attached hydrogen (secondary N) is 1. The Labute approximate surface area is 204 Å². The van der Waals surface area contributed by atoms with Crippen molar-refractivity contribution in [1.29, 1.82) is 0 Å². The summed E-state index contributed by atoms with van der Waals surface area (Å²) in [6.45, 7) is 4.82. The Morgan fingerprint density at radius 1 is 1.17 bits per heavy atom. The molecule has 1 fully saturated rings. The number of alkyl carbamates (subject to hydrolysis) is 1. The second-order valence-electron chi connectivity index (χ2n) is 9.74. The van der Waals surface area contributed by atoms with Crippen LogP contribution in [-0.2, 0) is 32.1 Å². The van der Waals surface area contributed by atoms with Crippen LogP contribution in [0.25, 0.3) is 0 Å². The van der Waals surface area contributed by atoms with Crippen LogP contribution in [0.1, 0.15) is 50.7 Å². The smallest absolute Gasteiger partial charge is 0.407 e. The molecule has 0 aromatic heterocycles. The molecule has 35 heavy (non-hydrogen) atoms. The minimum absolute atomic E-state index is 0.0412. The molecule has 3 atom stereocenters. The molecule has 1 saturated heterocycles. The Bertz CT molecular complexity index is 995. The van der Waals surface area contributed by atoms with Crippen molar-refractivity contribution in [2.24, 2.45) is 5.92 Å². The maximum atomic E-state index is 13.4. The number of carbonyl (C=O) groups excluding carboxylic acids is 3. The minimum atomic E-state index is -1.12.